The third-order valence-electron chi connectivity index (χ3n) is 3.63. The van der Waals surface area contributed by atoms with Gasteiger partial charge in [-0.05, 0) is 41.5 Å². The molecule has 0 saturated carbocycles. The number of aryl methyl sites for hydroxylation is 1. The number of fused-ring (bicyclic) bond motifs is 3. The molecule has 1 aliphatic heterocycles. The maximum absolute atomic E-state index is 4.74. The van der Waals surface area contributed by atoms with Crippen molar-refractivity contribution in [3.05, 3.63) is 33.7 Å². The SMILES string of the molecule is CCN1CCc2nc3ccc(Br)c(C)n3c2C1. The molecule has 2 aromatic rings. The molecule has 2 aromatic heterocycles. The minimum absolute atomic E-state index is 1.02. The topological polar surface area (TPSA) is 20.5 Å². The fourth-order valence-corrected chi connectivity index (χ4v) is 2.88. The lowest BCUT2D eigenvalue weighted by Crippen LogP contribution is -2.30. The van der Waals surface area contributed by atoms with Gasteiger partial charge in [0.1, 0.15) is 5.65 Å². The molecule has 0 aromatic carbocycles. The number of hydrogen-bond acceptors (Lipinski definition) is 2. The van der Waals surface area contributed by atoms with E-state index in [9.17, 15) is 0 Å². The van der Waals surface area contributed by atoms with Gasteiger partial charge in [0.25, 0.3) is 0 Å². The largest absolute Gasteiger partial charge is 0.299 e. The Morgan fingerprint density at radius 2 is 2.24 bits per heavy atom. The monoisotopic (exact) mass is 293 g/mol. The van der Waals surface area contributed by atoms with Crippen LogP contribution in [0.1, 0.15) is 24.0 Å². The van der Waals surface area contributed by atoms with Gasteiger partial charge in [-0.3, -0.25) is 9.30 Å². The molecule has 0 aliphatic carbocycles. The second-order valence-electron chi connectivity index (χ2n) is 4.58. The molecule has 3 rings (SSSR count). The maximum atomic E-state index is 4.74. The molecule has 3 nitrogen and oxygen atoms in total. The van der Waals surface area contributed by atoms with Crippen molar-refractivity contribution in [2.24, 2.45) is 0 Å². The Kier molecular flexibility index (Phi) is 2.71. The van der Waals surface area contributed by atoms with Crippen molar-refractivity contribution in [2.45, 2.75) is 26.8 Å². The number of halogens is 1. The molecule has 17 heavy (non-hydrogen) atoms. The van der Waals surface area contributed by atoms with E-state index in [1.165, 1.54) is 17.1 Å². The van der Waals surface area contributed by atoms with E-state index >= 15 is 0 Å². The van der Waals surface area contributed by atoms with E-state index in [1.807, 2.05) is 0 Å². The van der Waals surface area contributed by atoms with Crippen LogP contribution in [0.3, 0.4) is 0 Å². The van der Waals surface area contributed by atoms with Crippen LogP contribution in [-0.2, 0) is 13.0 Å². The van der Waals surface area contributed by atoms with E-state index in [2.05, 4.69) is 51.2 Å². The van der Waals surface area contributed by atoms with Gasteiger partial charge in [-0.2, -0.15) is 0 Å². The van der Waals surface area contributed by atoms with Gasteiger partial charge >= 0.3 is 0 Å². The van der Waals surface area contributed by atoms with Gasteiger partial charge in [-0.25, -0.2) is 4.98 Å². The quantitative estimate of drug-likeness (QED) is 0.806. The van der Waals surface area contributed by atoms with E-state index in [0.717, 1.165) is 36.2 Å². The fraction of sp³-hybridized carbons (Fsp3) is 0.462. The number of likely N-dealkylation sites (N-methyl/N-ethyl adjacent to an activating group) is 1. The molecule has 0 N–H and O–H groups in total. The Bertz CT molecular complexity index is 574. The van der Waals surface area contributed by atoms with E-state index < -0.39 is 0 Å². The number of pyridine rings is 1. The summed E-state index contributed by atoms with van der Waals surface area (Å²) in [5.41, 5.74) is 4.96. The third kappa shape index (κ3) is 1.70. The number of nitrogens with zero attached hydrogens (tertiary/aromatic N) is 3. The van der Waals surface area contributed by atoms with Crippen molar-refractivity contribution >= 4 is 21.6 Å². The molecule has 3 heterocycles. The number of imidazole rings is 1. The van der Waals surface area contributed by atoms with Gasteiger partial charge in [0.05, 0.1) is 11.4 Å². The zero-order valence-electron chi connectivity index (χ0n) is 10.2. The second kappa shape index (κ2) is 4.10. The first-order valence-corrected chi connectivity index (χ1v) is 6.87. The molecule has 0 unspecified atom stereocenters. The molecule has 0 saturated heterocycles. The van der Waals surface area contributed by atoms with E-state index in [-0.39, 0.29) is 0 Å². The molecule has 0 bridgehead atoms. The average molecular weight is 294 g/mol. The predicted molar refractivity (Wildman–Crippen MR) is 72.3 cm³/mol. The highest BCUT2D eigenvalue weighted by Gasteiger charge is 2.21. The van der Waals surface area contributed by atoms with Crippen LogP contribution in [0.25, 0.3) is 5.65 Å². The molecule has 0 spiro atoms. The van der Waals surface area contributed by atoms with Crippen molar-refractivity contribution < 1.29 is 0 Å². The lowest BCUT2D eigenvalue weighted by molar-refractivity contribution is 0.262. The van der Waals surface area contributed by atoms with Crippen LogP contribution in [0, 0.1) is 6.92 Å². The molecule has 90 valence electrons. The van der Waals surface area contributed by atoms with Crippen molar-refractivity contribution in [2.75, 3.05) is 13.1 Å². The Hall–Kier alpha value is -0.870. The molecule has 4 heteroatoms. The highest BCUT2D eigenvalue weighted by molar-refractivity contribution is 9.10. The highest BCUT2D eigenvalue weighted by atomic mass is 79.9. The third-order valence-corrected chi connectivity index (χ3v) is 4.46. The standard InChI is InChI=1S/C13H16BrN3/c1-3-16-7-6-11-12(8-16)17-9(2)10(14)4-5-13(17)15-11/h4-5H,3,6-8H2,1-2H3. The van der Waals surface area contributed by atoms with Crippen molar-refractivity contribution in [1.82, 2.24) is 14.3 Å². The molecule has 0 radical (unpaired) electrons. The van der Waals surface area contributed by atoms with Crippen LogP contribution in [0.4, 0.5) is 0 Å². The van der Waals surface area contributed by atoms with Crippen molar-refractivity contribution in [3.63, 3.8) is 0 Å². The normalized spacial score (nSPS) is 16.4. The zero-order chi connectivity index (χ0) is 12.0. The van der Waals surface area contributed by atoms with E-state index in [0.29, 0.717) is 0 Å². The molecule has 1 aliphatic rings. The molecular formula is C13H16BrN3. The van der Waals surface area contributed by atoms with E-state index in [1.54, 1.807) is 0 Å². The minimum atomic E-state index is 1.02. The second-order valence-corrected chi connectivity index (χ2v) is 5.44. The van der Waals surface area contributed by atoms with Gasteiger partial charge in [0, 0.05) is 29.7 Å². The van der Waals surface area contributed by atoms with Crippen LogP contribution in [0.15, 0.2) is 16.6 Å². The van der Waals surface area contributed by atoms with Crippen LogP contribution >= 0.6 is 15.9 Å². The van der Waals surface area contributed by atoms with Crippen LogP contribution in [-0.4, -0.2) is 27.4 Å². The summed E-state index contributed by atoms with van der Waals surface area (Å²) < 4.78 is 3.44. The summed E-state index contributed by atoms with van der Waals surface area (Å²) >= 11 is 3.60. The van der Waals surface area contributed by atoms with Crippen LogP contribution in [0.2, 0.25) is 0 Å². The molecular weight excluding hydrogens is 278 g/mol. The Balaban J connectivity index is 2.22. The van der Waals surface area contributed by atoms with Crippen molar-refractivity contribution in [1.29, 1.82) is 0 Å². The lowest BCUT2D eigenvalue weighted by atomic mass is 10.1. The zero-order valence-corrected chi connectivity index (χ0v) is 11.8. The summed E-state index contributed by atoms with van der Waals surface area (Å²) in [6.45, 7) is 7.62. The molecule has 0 amide bonds. The predicted octanol–water partition coefficient (Wildman–Crippen LogP) is 2.78. The number of hydrogen-bond donors (Lipinski definition) is 0. The van der Waals surface area contributed by atoms with Crippen LogP contribution < -0.4 is 0 Å². The van der Waals surface area contributed by atoms with E-state index in [4.69, 9.17) is 4.98 Å². The Morgan fingerprint density at radius 1 is 1.41 bits per heavy atom. The maximum Gasteiger partial charge on any atom is 0.137 e. The fourth-order valence-electron chi connectivity index (χ4n) is 2.57. The van der Waals surface area contributed by atoms with Crippen LogP contribution in [0.5, 0.6) is 0 Å². The summed E-state index contributed by atoms with van der Waals surface area (Å²) in [4.78, 5) is 7.21. The van der Waals surface area contributed by atoms with Gasteiger partial charge < -0.3 is 0 Å². The average Bonchev–Trinajstić information content (AvgIpc) is 2.71. The first-order valence-electron chi connectivity index (χ1n) is 6.08. The van der Waals surface area contributed by atoms with Gasteiger partial charge in [0.2, 0.25) is 0 Å². The first-order chi connectivity index (χ1) is 8.20. The molecule has 0 atom stereocenters. The number of aromatic nitrogens is 2. The van der Waals surface area contributed by atoms with Gasteiger partial charge in [-0.15, -0.1) is 0 Å². The first kappa shape index (κ1) is 11.2. The minimum Gasteiger partial charge on any atom is -0.299 e. The smallest absolute Gasteiger partial charge is 0.137 e. The summed E-state index contributed by atoms with van der Waals surface area (Å²) in [7, 11) is 0. The highest BCUT2D eigenvalue weighted by Crippen LogP contribution is 2.25. The Labute approximate surface area is 110 Å². The van der Waals surface area contributed by atoms with Crippen molar-refractivity contribution in [3.8, 4) is 0 Å². The lowest BCUT2D eigenvalue weighted by Gasteiger charge is -2.25. The summed E-state index contributed by atoms with van der Waals surface area (Å²) in [5, 5.41) is 0. The number of rotatable bonds is 1. The summed E-state index contributed by atoms with van der Waals surface area (Å²) in [6.07, 6.45) is 1.07. The molecule has 0 fully saturated rings. The van der Waals surface area contributed by atoms with Gasteiger partial charge in [0.15, 0.2) is 0 Å². The van der Waals surface area contributed by atoms with Gasteiger partial charge in [-0.1, -0.05) is 6.92 Å². The summed E-state index contributed by atoms with van der Waals surface area (Å²) in [5.74, 6) is 0. The Morgan fingerprint density at radius 3 is 3.00 bits per heavy atom. The summed E-state index contributed by atoms with van der Waals surface area (Å²) in [6, 6.07) is 4.17.